The van der Waals surface area contributed by atoms with E-state index in [1.807, 2.05) is 30.5 Å². The Balaban J connectivity index is 1.28. The predicted molar refractivity (Wildman–Crippen MR) is 110 cm³/mol. The maximum Gasteiger partial charge on any atom is 0.220 e. The SMILES string of the molecule is O=S(=O)(Cc1noc2ccccc12)N1CCN(c2cc(-n3ccnc3)ncn2)CC1. The minimum Gasteiger partial charge on any atom is -0.356 e. The molecule has 5 rings (SSSR count). The van der Waals surface area contributed by atoms with Crippen LogP contribution < -0.4 is 4.90 Å². The van der Waals surface area contributed by atoms with E-state index < -0.39 is 10.0 Å². The third-order valence-corrected chi connectivity index (χ3v) is 6.92. The van der Waals surface area contributed by atoms with Crippen LogP contribution in [-0.4, -0.2) is 63.6 Å². The molecule has 4 heterocycles. The Kier molecular flexibility index (Phi) is 4.68. The fourth-order valence-electron chi connectivity index (χ4n) is 3.55. The fourth-order valence-corrected chi connectivity index (χ4v) is 5.00. The van der Waals surface area contributed by atoms with Crippen molar-refractivity contribution in [1.29, 1.82) is 0 Å². The van der Waals surface area contributed by atoms with Gasteiger partial charge in [-0.3, -0.25) is 4.57 Å². The maximum atomic E-state index is 12.9. The van der Waals surface area contributed by atoms with Crippen LogP contribution in [0.5, 0.6) is 0 Å². The number of anilines is 1. The molecule has 1 aromatic carbocycles. The van der Waals surface area contributed by atoms with Gasteiger partial charge in [0.25, 0.3) is 0 Å². The molecule has 0 unspecified atom stereocenters. The Morgan fingerprint density at radius 2 is 1.83 bits per heavy atom. The molecule has 1 aliphatic heterocycles. The van der Waals surface area contributed by atoms with E-state index in [2.05, 4.69) is 25.0 Å². The molecule has 1 saturated heterocycles. The summed E-state index contributed by atoms with van der Waals surface area (Å²) in [6.45, 7) is 1.84. The van der Waals surface area contributed by atoms with Gasteiger partial charge in [0.2, 0.25) is 10.0 Å². The molecule has 0 amide bonds. The number of aromatic nitrogens is 5. The largest absolute Gasteiger partial charge is 0.356 e. The van der Waals surface area contributed by atoms with Crippen molar-refractivity contribution in [1.82, 2.24) is 29.0 Å². The number of sulfonamides is 1. The van der Waals surface area contributed by atoms with Crippen molar-refractivity contribution in [2.75, 3.05) is 31.1 Å². The van der Waals surface area contributed by atoms with Crippen LogP contribution in [0.15, 0.2) is 59.9 Å². The number of hydrogen-bond acceptors (Lipinski definition) is 8. The van der Waals surface area contributed by atoms with Gasteiger partial charge in [-0.2, -0.15) is 4.31 Å². The Bertz CT molecular complexity index is 1260. The van der Waals surface area contributed by atoms with Crippen molar-refractivity contribution < 1.29 is 12.9 Å². The minimum absolute atomic E-state index is 0.178. The molecule has 0 aliphatic carbocycles. The number of piperazine rings is 1. The Labute approximate surface area is 172 Å². The molecule has 3 aromatic heterocycles. The molecule has 0 saturated carbocycles. The summed E-state index contributed by atoms with van der Waals surface area (Å²) in [5, 5.41) is 4.69. The van der Waals surface area contributed by atoms with Gasteiger partial charge in [0.15, 0.2) is 5.58 Å². The molecule has 1 fully saturated rings. The van der Waals surface area contributed by atoms with E-state index in [0.29, 0.717) is 43.3 Å². The molecule has 0 atom stereocenters. The van der Waals surface area contributed by atoms with E-state index in [1.165, 1.54) is 10.6 Å². The lowest BCUT2D eigenvalue weighted by Crippen LogP contribution is -2.49. The highest BCUT2D eigenvalue weighted by Gasteiger charge is 2.29. The summed E-state index contributed by atoms with van der Waals surface area (Å²) in [5.41, 5.74) is 1.03. The van der Waals surface area contributed by atoms with Crippen molar-refractivity contribution in [3.63, 3.8) is 0 Å². The van der Waals surface area contributed by atoms with Gasteiger partial charge in [-0.25, -0.2) is 23.4 Å². The quantitative estimate of drug-likeness (QED) is 0.473. The summed E-state index contributed by atoms with van der Waals surface area (Å²) in [6, 6.07) is 9.14. The molecule has 0 N–H and O–H groups in total. The lowest BCUT2D eigenvalue weighted by atomic mass is 10.2. The number of benzene rings is 1. The Hall–Kier alpha value is -3.31. The van der Waals surface area contributed by atoms with Crippen LogP contribution in [0, 0.1) is 0 Å². The first-order valence-electron chi connectivity index (χ1n) is 9.47. The first-order chi connectivity index (χ1) is 14.6. The van der Waals surface area contributed by atoms with Crippen molar-refractivity contribution in [2.45, 2.75) is 5.75 Å². The minimum atomic E-state index is -3.51. The lowest BCUT2D eigenvalue weighted by molar-refractivity contribution is 0.381. The van der Waals surface area contributed by atoms with Crippen LogP contribution in [-0.2, 0) is 15.8 Å². The van der Waals surface area contributed by atoms with Gasteiger partial charge in [-0.05, 0) is 12.1 Å². The van der Waals surface area contributed by atoms with Crippen LogP contribution in [0.4, 0.5) is 5.82 Å². The number of nitrogens with zero attached hydrogens (tertiary/aromatic N) is 7. The number of fused-ring (bicyclic) bond motifs is 1. The first kappa shape index (κ1) is 18.7. The zero-order chi connectivity index (χ0) is 20.6. The molecule has 154 valence electrons. The van der Waals surface area contributed by atoms with E-state index >= 15 is 0 Å². The van der Waals surface area contributed by atoms with E-state index in [1.54, 1.807) is 23.2 Å². The molecule has 0 radical (unpaired) electrons. The average molecular weight is 425 g/mol. The monoisotopic (exact) mass is 425 g/mol. The highest BCUT2D eigenvalue weighted by atomic mass is 32.2. The van der Waals surface area contributed by atoms with Gasteiger partial charge < -0.3 is 9.42 Å². The molecule has 1 aliphatic rings. The highest BCUT2D eigenvalue weighted by molar-refractivity contribution is 7.88. The maximum absolute atomic E-state index is 12.9. The molecule has 10 nitrogen and oxygen atoms in total. The van der Waals surface area contributed by atoms with Gasteiger partial charge in [0.05, 0.1) is 0 Å². The lowest BCUT2D eigenvalue weighted by Gasteiger charge is -2.34. The van der Waals surface area contributed by atoms with E-state index in [-0.39, 0.29) is 5.75 Å². The zero-order valence-corrected chi connectivity index (χ0v) is 16.8. The normalized spacial score (nSPS) is 15.7. The van der Waals surface area contributed by atoms with Crippen LogP contribution in [0.3, 0.4) is 0 Å². The van der Waals surface area contributed by atoms with Gasteiger partial charge in [-0.15, -0.1) is 0 Å². The summed E-state index contributed by atoms with van der Waals surface area (Å²) >= 11 is 0. The Morgan fingerprint density at radius 1 is 1.03 bits per heavy atom. The third kappa shape index (κ3) is 3.53. The summed E-state index contributed by atoms with van der Waals surface area (Å²) in [7, 11) is -3.51. The second kappa shape index (κ2) is 7.50. The molecule has 0 bridgehead atoms. The summed E-state index contributed by atoms with van der Waals surface area (Å²) in [5.74, 6) is 1.29. The third-order valence-electron chi connectivity index (χ3n) is 5.13. The van der Waals surface area contributed by atoms with Gasteiger partial charge in [0.1, 0.15) is 35.7 Å². The standard InChI is InChI=1S/C19H19N7O3S/c27-30(28,12-16-15-3-1-2-4-17(15)29-23-16)26-9-7-24(8-10-26)18-11-19(22-13-21-18)25-6-5-20-14-25/h1-6,11,13-14H,7-10,12H2. The van der Waals surface area contributed by atoms with Gasteiger partial charge in [-0.1, -0.05) is 17.3 Å². The molecular formula is C19H19N7O3S. The fraction of sp³-hybridized carbons (Fsp3) is 0.263. The van der Waals surface area contributed by atoms with Crippen molar-refractivity contribution in [3.8, 4) is 5.82 Å². The molecule has 0 spiro atoms. The van der Waals surface area contributed by atoms with Crippen LogP contribution in [0.1, 0.15) is 5.69 Å². The second-order valence-corrected chi connectivity index (χ2v) is 8.94. The van der Waals surface area contributed by atoms with Gasteiger partial charge in [0, 0.05) is 50.0 Å². The first-order valence-corrected chi connectivity index (χ1v) is 11.1. The van der Waals surface area contributed by atoms with Crippen molar-refractivity contribution in [2.24, 2.45) is 0 Å². The van der Waals surface area contributed by atoms with Crippen molar-refractivity contribution in [3.05, 3.63) is 61.1 Å². The topological polar surface area (TPSA) is 110 Å². The average Bonchev–Trinajstić information content (AvgIpc) is 3.45. The summed E-state index contributed by atoms with van der Waals surface area (Å²) in [6.07, 6.45) is 6.67. The molecular weight excluding hydrogens is 406 g/mol. The molecule has 30 heavy (non-hydrogen) atoms. The Morgan fingerprint density at radius 3 is 2.63 bits per heavy atom. The number of rotatable bonds is 5. The van der Waals surface area contributed by atoms with Crippen LogP contribution >= 0.6 is 0 Å². The van der Waals surface area contributed by atoms with Crippen LogP contribution in [0.2, 0.25) is 0 Å². The van der Waals surface area contributed by atoms with Crippen LogP contribution in [0.25, 0.3) is 16.8 Å². The summed E-state index contributed by atoms with van der Waals surface area (Å²) < 4.78 is 34.4. The molecule has 11 heteroatoms. The van der Waals surface area contributed by atoms with E-state index in [4.69, 9.17) is 4.52 Å². The molecule has 4 aromatic rings. The second-order valence-electron chi connectivity index (χ2n) is 6.97. The number of imidazole rings is 1. The summed E-state index contributed by atoms with van der Waals surface area (Å²) in [4.78, 5) is 14.7. The van der Waals surface area contributed by atoms with E-state index in [9.17, 15) is 8.42 Å². The number of para-hydroxylation sites is 1. The predicted octanol–water partition coefficient (Wildman–Crippen LogP) is 1.46. The smallest absolute Gasteiger partial charge is 0.220 e. The zero-order valence-electron chi connectivity index (χ0n) is 16.0. The highest BCUT2D eigenvalue weighted by Crippen LogP contribution is 2.22. The van der Waals surface area contributed by atoms with E-state index in [0.717, 1.165) is 11.2 Å². The van der Waals surface area contributed by atoms with Crippen molar-refractivity contribution >= 4 is 26.8 Å². The number of hydrogen-bond donors (Lipinski definition) is 0. The van der Waals surface area contributed by atoms with Gasteiger partial charge >= 0.3 is 0 Å².